The molecule has 2 N–H and O–H groups in total. The number of ether oxygens (including phenoxy) is 1. The maximum atomic E-state index is 14.0. The zero-order valence-electron chi connectivity index (χ0n) is 17.5. The van der Waals surface area contributed by atoms with Crippen LogP contribution in [-0.2, 0) is 17.9 Å². The van der Waals surface area contributed by atoms with Gasteiger partial charge in [-0.3, -0.25) is 14.9 Å². The molecule has 2 aliphatic rings. The van der Waals surface area contributed by atoms with E-state index in [4.69, 9.17) is 4.74 Å². The lowest BCUT2D eigenvalue weighted by Gasteiger charge is -2.52. The molecule has 12 heteroatoms. The maximum absolute atomic E-state index is 14.0. The van der Waals surface area contributed by atoms with Gasteiger partial charge in [0.2, 0.25) is 0 Å². The van der Waals surface area contributed by atoms with Crippen LogP contribution in [0.3, 0.4) is 0 Å². The number of amides is 1. The van der Waals surface area contributed by atoms with E-state index in [2.05, 4.69) is 0 Å². The third-order valence-corrected chi connectivity index (χ3v) is 6.03. The second kappa shape index (κ2) is 7.40. The van der Waals surface area contributed by atoms with E-state index in [0.717, 1.165) is 23.3 Å². The van der Waals surface area contributed by atoms with Crippen molar-refractivity contribution in [3.63, 3.8) is 0 Å². The van der Waals surface area contributed by atoms with Crippen molar-refractivity contribution in [3.8, 4) is 5.75 Å². The van der Waals surface area contributed by atoms with Gasteiger partial charge in [0.15, 0.2) is 0 Å². The maximum Gasteiger partial charge on any atom is 0.471 e. The first kappa shape index (κ1) is 23.0. The fourth-order valence-corrected chi connectivity index (χ4v) is 4.45. The highest BCUT2D eigenvalue weighted by atomic mass is 19.4. The van der Waals surface area contributed by atoms with E-state index in [0.29, 0.717) is 0 Å². The Labute approximate surface area is 185 Å². The predicted octanol–water partition coefficient (Wildman–Crippen LogP) is 3.70. The Bertz CT molecular complexity index is 1130. The van der Waals surface area contributed by atoms with Gasteiger partial charge >= 0.3 is 12.1 Å². The molecule has 2 aromatic carbocycles. The van der Waals surface area contributed by atoms with Gasteiger partial charge in [-0.25, -0.2) is 0 Å². The van der Waals surface area contributed by atoms with Gasteiger partial charge in [0.25, 0.3) is 5.69 Å². The third-order valence-electron chi connectivity index (χ3n) is 6.03. The smallest absolute Gasteiger partial charge is 0.471 e. The van der Waals surface area contributed by atoms with Crippen molar-refractivity contribution in [2.75, 3.05) is 5.32 Å². The van der Waals surface area contributed by atoms with Crippen LogP contribution in [0.15, 0.2) is 36.4 Å². The number of anilines is 1. The molecule has 4 rings (SSSR count). The van der Waals surface area contributed by atoms with Crippen molar-refractivity contribution >= 4 is 17.3 Å². The Kier molecular flexibility index (Phi) is 5.15. The summed E-state index contributed by atoms with van der Waals surface area (Å²) in [6.45, 7) is 2.98. The number of halogens is 3. The molecule has 0 spiro atoms. The molecule has 0 saturated carbocycles. The number of carbonyl (C=O) groups excluding carboxylic acids is 1. The molecule has 0 unspecified atom stereocenters. The molecule has 176 valence electrons. The molecule has 0 radical (unpaired) electrons. The minimum absolute atomic E-state index is 0.00617. The van der Waals surface area contributed by atoms with Crippen LogP contribution in [0, 0.1) is 15.3 Å². The lowest BCUT2D eigenvalue weighted by Crippen LogP contribution is -2.57. The molecule has 0 fully saturated rings. The lowest BCUT2D eigenvalue weighted by atomic mass is 9.85. The number of nitro groups is 1. The summed E-state index contributed by atoms with van der Waals surface area (Å²) in [4.78, 5) is 22.1. The number of nitrogens with one attached hydrogen (secondary N) is 1. The van der Waals surface area contributed by atoms with Crippen LogP contribution in [0.2, 0.25) is 0 Å². The van der Waals surface area contributed by atoms with E-state index < -0.39 is 50.8 Å². The number of quaternary nitrogens is 1. The fourth-order valence-electron chi connectivity index (χ4n) is 4.45. The first-order valence-electron chi connectivity index (χ1n) is 9.95. The predicted molar refractivity (Wildman–Crippen MR) is 109 cm³/mol. The highest BCUT2D eigenvalue weighted by molar-refractivity contribution is 5.97. The minimum atomic E-state index is -5.27. The van der Waals surface area contributed by atoms with Crippen molar-refractivity contribution in [1.82, 2.24) is 0 Å². The number of benzene rings is 2. The molecule has 0 aliphatic carbocycles. The van der Waals surface area contributed by atoms with Crippen LogP contribution in [0.25, 0.3) is 0 Å². The number of alkyl halides is 3. The van der Waals surface area contributed by atoms with E-state index >= 15 is 0 Å². The summed E-state index contributed by atoms with van der Waals surface area (Å²) in [6.07, 6.45) is -6.65. The first-order chi connectivity index (χ1) is 15.2. The fraction of sp³-hybridized carbons (Fsp3) is 0.381. The van der Waals surface area contributed by atoms with E-state index in [1.807, 2.05) is 0 Å². The summed E-state index contributed by atoms with van der Waals surface area (Å²) in [5.74, 6) is -2.51. The van der Waals surface area contributed by atoms with Crippen molar-refractivity contribution in [3.05, 3.63) is 68.4 Å². The van der Waals surface area contributed by atoms with Gasteiger partial charge in [0, 0.05) is 23.3 Å². The molecule has 0 saturated heterocycles. The molecule has 2 atom stereocenters. The van der Waals surface area contributed by atoms with E-state index in [-0.39, 0.29) is 24.4 Å². The van der Waals surface area contributed by atoms with Crippen LogP contribution in [0.1, 0.15) is 36.6 Å². The Morgan fingerprint density at radius 1 is 1.24 bits per heavy atom. The Hall–Kier alpha value is -3.22. The number of fused-ring (bicyclic) bond motifs is 2. The normalized spacial score (nSPS) is 22.6. The van der Waals surface area contributed by atoms with Crippen LogP contribution in [-0.4, -0.2) is 38.5 Å². The molecule has 2 heterocycles. The number of rotatable bonds is 3. The molecule has 2 aromatic rings. The number of aliphatic hydroxyl groups excluding tert-OH is 1. The second-order valence-electron chi connectivity index (χ2n) is 8.75. The van der Waals surface area contributed by atoms with Gasteiger partial charge in [0.05, 0.1) is 10.5 Å². The van der Waals surface area contributed by atoms with Gasteiger partial charge in [0.1, 0.15) is 42.3 Å². The zero-order valence-corrected chi connectivity index (χ0v) is 17.5. The van der Waals surface area contributed by atoms with Crippen LogP contribution in [0.5, 0.6) is 5.75 Å². The topological polar surface area (TPSA) is 125 Å². The summed E-state index contributed by atoms with van der Waals surface area (Å²) >= 11 is 0. The molecule has 9 nitrogen and oxygen atoms in total. The number of nitro benzene ring substituents is 1. The lowest BCUT2D eigenvalue weighted by molar-refractivity contribution is -0.935. The van der Waals surface area contributed by atoms with Gasteiger partial charge in [-0.05, 0) is 13.8 Å². The molecule has 0 bridgehead atoms. The number of hydrogen-bond acceptors (Lipinski definition) is 6. The molecule has 0 aromatic heterocycles. The number of hydroxylamine groups is 3. The van der Waals surface area contributed by atoms with Crippen molar-refractivity contribution in [2.24, 2.45) is 0 Å². The number of carbonyl (C=O) groups is 1. The summed E-state index contributed by atoms with van der Waals surface area (Å²) in [5, 5.41) is 38.2. The van der Waals surface area contributed by atoms with Gasteiger partial charge in [-0.2, -0.15) is 13.2 Å². The van der Waals surface area contributed by atoms with E-state index in [1.54, 1.807) is 24.3 Å². The second-order valence-corrected chi connectivity index (χ2v) is 8.75. The van der Waals surface area contributed by atoms with Crippen LogP contribution >= 0.6 is 0 Å². The average molecular weight is 467 g/mol. The third kappa shape index (κ3) is 3.90. The number of hydrogen-bond donors (Lipinski definition) is 2. The highest BCUT2D eigenvalue weighted by Gasteiger charge is 2.53. The molecular weight excluding hydrogens is 447 g/mol. The first-order valence-corrected chi connectivity index (χ1v) is 9.95. The Balaban J connectivity index is 1.84. The van der Waals surface area contributed by atoms with E-state index in [9.17, 15) is 38.4 Å². The summed E-state index contributed by atoms with van der Waals surface area (Å²) < 4.78 is 43.0. The standard InChI is InChI=1S/C21H20F3N3O6/c1-20(2)18(28)17(27(32)9-11-5-3-4-6-12(11)10-27)13-7-15(26(30)31)14(8-16(13)33-20)25-19(29)21(22,23)24/h3-8,17-18,28H,9-10H2,1-2H3,(H,25,29)/t17-,18+/m0/s1. The summed E-state index contributed by atoms with van der Waals surface area (Å²) in [7, 11) is 0. The zero-order chi connectivity index (χ0) is 24.3. The quantitative estimate of drug-likeness (QED) is 0.307. The van der Waals surface area contributed by atoms with Gasteiger partial charge < -0.3 is 25.0 Å². The van der Waals surface area contributed by atoms with Crippen molar-refractivity contribution in [1.29, 1.82) is 0 Å². The monoisotopic (exact) mass is 467 g/mol. The molecule has 2 aliphatic heterocycles. The van der Waals surface area contributed by atoms with E-state index in [1.165, 1.54) is 19.2 Å². The molecular formula is C21H20F3N3O6. The molecule has 33 heavy (non-hydrogen) atoms. The number of aliphatic hydroxyl groups is 1. The summed E-state index contributed by atoms with van der Waals surface area (Å²) in [6, 6.07) is 7.67. The highest BCUT2D eigenvalue weighted by Crippen LogP contribution is 2.51. The van der Waals surface area contributed by atoms with Crippen LogP contribution < -0.4 is 10.1 Å². The van der Waals surface area contributed by atoms with Crippen molar-refractivity contribution in [2.45, 2.75) is 50.9 Å². The minimum Gasteiger partial charge on any atom is -0.632 e. The molecule has 1 amide bonds. The Morgan fingerprint density at radius 3 is 2.33 bits per heavy atom. The van der Waals surface area contributed by atoms with Gasteiger partial charge in [-0.15, -0.1) is 0 Å². The van der Waals surface area contributed by atoms with Crippen molar-refractivity contribution < 1.29 is 37.4 Å². The SMILES string of the molecule is CC1(C)Oc2cc(NC(=O)C(F)(F)F)c([N+](=O)[O-])cc2[C@H]([N+]2([O-])Cc3ccccc3C2)[C@H]1O. The number of nitrogens with zero attached hydrogens (tertiary/aromatic N) is 2. The van der Waals surface area contributed by atoms with Gasteiger partial charge in [-0.1, -0.05) is 24.3 Å². The Morgan fingerprint density at radius 2 is 1.82 bits per heavy atom. The van der Waals surface area contributed by atoms with Crippen LogP contribution in [0.4, 0.5) is 24.5 Å². The largest absolute Gasteiger partial charge is 0.632 e. The summed E-state index contributed by atoms with van der Waals surface area (Å²) in [5.41, 5.74) is -1.39. The average Bonchev–Trinajstić information content (AvgIpc) is 3.04.